The van der Waals surface area contributed by atoms with Gasteiger partial charge in [-0.15, -0.1) is 0 Å². The van der Waals surface area contributed by atoms with E-state index < -0.39 is 0 Å². The first kappa shape index (κ1) is 38.2. The normalized spacial score (nSPS) is 12.1. The first-order chi connectivity index (χ1) is 33.7. The Morgan fingerprint density at radius 2 is 0.765 bits per heavy atom. The van der Waals surface area contributed by atoms with Crippen molar-refractivity contribution in [1.29, 1.82) is 0 Å². The highest BCUT2D eigenvalue weighted by atomic mass is 15.2. The molecule has 0 radical (unpaired) electrons. The van der Waals surface area contributed by atoms with Crippen molar-refractivity contribution in [1.82, 2.24) is 9.13 Å². The first-order valence-electron chi connectivity index (χ1n) is 23.3. The van der Waals surface area contributed by atoms with E-state index in [4.69, 9.17) is 0 Å². The molecular formula is C64H42N4. The van der Waals surface area contributed by atoms with Crippen LogP contribution in [0.5, 0.6) is 0 Å². The molecule has 3 heterocycles. The highest BCUT2D eigenvalue weighted by molar-refractivity contribution is 6.15. The van der Waals surface area contributed by atoms with Crippen molar-refractivity contribution in [3.8, 4) is 33.6 Å². The molecule has 0 unspecified atom stereocenters. The Morgan fingerprint density at radius 1 is 0.279 bits per heavy atom. The number of benzene rings is 11. The molecule has 0 bridgehead atoms. The van der Waals surface area contributed by atoms with Crippen LogP contribution in [-0.2, 0) is 0 Å². The van der Waals surface area contributed by atoms with Crippen molar-refractivity contribution in [2.24, 2.45) is 0 Å². The summed E-state index contributed by atoms with van der Waals surface area (Å²) in [6, 6.07) is 93.0. The fraction of sp³-hybridized carbons (Fsp3) is 0. The molecule has 0 N–H and O–H groups in total. The van der Waals surface area contributed by atoms with Gasteiger partial charge in [-0.05, 0) is 131 Å². The van der Waals surface area contributed by atoms with E-state index in [0.29, 0.717) is 0 Å². The molecule has 14 rings (SSSR count). The number of anilines is 6. The summed E-state index contributed by atoms with van der Waals surface area (Å²) in [5.74, 6) is 0. The van der Waals surface area contributed by atoms with Gasteiger partial charge in [0.15, 0.2) is 0 Å². The zero-order valence-corrected chi connectivity index (χ0v) is 37.0. The molecule has 11 aromatic carbocycles. The predicted molar refractivity (Wildman–Crippen MR) is 286 cm³/mol. The van der Waals surface area contributed by atoms with Crippen LogP contribution in [0.2, 0.25) is 0 Å². The van der Waals surface area contributed by atoms with Gasteiger partial charge >= 0.3 is 0 Å². The molecule has 0 amide bonds. The molecule has 318 valence electrons. The fourth-order valence-corrected chi connectivity index (χ4v) is 11.0. The molecule has 4 nitrogen and oxygen atoms in total. The molecule has 68 heavy (non-hydrogen) atoms. The topological polar surface area (TPSA) is 16.3 Å². The van der Waals surface area contributed by atoms with Crippen LogP contribution in [-0.4, -0.2) is 9.13 Å². The van der Waals surface area contributed by atoms with E-state index in [0.717, 1.165) is 39.7 Å². The predicted octanol–water partition coefficient (Wildman–Crippen LogP) is 17.6. The monoisotopic (exact) mass is 866 g/mol. The Morgan fingerprint density at radius 3 is 1.35 bits per heavy atom. The van der Waals surface area contributed by atoms with Crippen LogP contribution >= 0.6 is 0 Å². The van der Waals surface area contributed by atoms with Crippen LogP contribution in [0.25, 0.3) is 88.0 Å². The molecule has 1 aliphatic heterocycles. The Bertz CT molecular complexity index is 3910. The van der Waals surface area contributed by atoms with Crippen LogP contribution < -0.4 is 9.80 Å². The van der Waals surface area contributed by atoms with Crippen LogP contribution in [0.1, 0.15) is 0 Å². The van der Waals surface area contributed by atoms with Crippen molar-refractivity contribution in [3.63, 3.8) is 0 Å². The molecule has 0 saturated heterocycles. The molecule has 0 aliphatic carbocycles. The molecule has 1 aliphatic rings. The minimum absolute atomic E-state index is 1.08. The largest absolute Gasteiger partial charge is 0.310 e. The molecular weight excluding hydrogens is 825 g/mol. The summed E-state index contributed by atoms with van der Waals surface area (Å²) >= 11 is 0. The van der Waals surface area contributed by atoms with Gasteiger partial charge in [-0.25, -0.2) is 0 Å². The van der Waals surface area contributed by atoms with Crippen LogP contribution in [0.15, 0.2) is 255 Å². The Hall–Kier alpha value is -9.12. The molecule has 13 aromatic rings. The second kappa shape index (κ2) is 15.2. The van der Waals surface area contributed by atoms with Gasteiger partial charge < -0.3 is 18.9 Å². The minimum atomic E-state index is 1.08. The molecule has 0 fully saturated rings. The van der Waals surface area contributed by atoms with Gasteiger partial charge in [0.05, 0.1) is 33.4 Å². The van der Waals surface area contributed by atoms with E-state index in [1.807, 2.05) is 0 Å². The summed E-state index contributed by atoms with van der Waals surface area (Å²) in [7, 11) is 0. The Balaban J connectivity index is 0.940. The van der Waals surface area contributed by atoms with Crippen molar-refractivity contribution < 1.29 is 0 Å². The number of fused-ring (bicyclic) bond motifs is 8. The lowest BCUT2D eigenvalue weighted by Gasteiger charge is -2.34. The zero-order chi connectivity index (χ0) is 44.7. The number of nitrogens with zero attached hydrogens (tertiary/aromatic N) is 4. The third-order valence-corrected chi connectivity index (χ3v) is 14.0. The van der Waals surface area contributed by atoms with Gasteiger partial charge in [0.1, 0.15) is 0 Å². The molecule has 0 saturated carbocycles. The van der Waals surface area contributed by atoms with Crippen molar-refractivity contribution in [2.45, 2.75) is 0 Å². The molecule has 4 heteroatoms. The first-order valence-corrected chi connectivity index (χ1v) is 23.3. The summed E-state index contributed by atoms with van der Waals surface area (Å²) in [6.07, 6.45) is 0. The second-order valence-electron chi connectivity index (χ2n) is 17.7. The van der Waals surface area contributed by atoms with Crippen LogP contribution in [0, 0.1) is 0 Å². The van der Waals surface area contributed by atoms with Gasteiger partial charge in [-0.3, -0.25) is 0 Å². The molecule has 0 spiro atoms. The van der Waals surface area contributed by atoms with E-state index in [1.165, 1.54) is 82.4 Å². The third kappa shape index (κ3) is 5.87. The third-order valence-electron chi connectivity index (χ3n) is 14.0. The molecule has 2 aromatic heterocycles. The number of aromatic nitrogens is 2. The van der Waals surface area contributed by atoms with E-state index in [1.54, 1.807) is 0 Å². The van der Waals surface area contributed by atoms with Gasteiger partial charge in [0, 0.05) is 66.6 Å². The van der Waals surface area contributed by atoms with Crippen molar-refractivity contribution >= 4 is 88.5 Å². The number of hydrogen-bond donors (Lipinski definition) is 0. The minimum Gasteiger partial charge on any atom is -0.310 e. The van der Waals surface area contributed by atoms with E-state index >= 15 is 0 Å². The van der Waals surface area contributed by atoms with Crippen molar-refractivity contribution in [2.75, 3.05) is 9.80 Å². The molecule has 0 atom stereocenters. The van der Waals surface area contributed by atoms with E-state index in [2.05, 4.69) is 274 Å². The smallest absolute Gasteiger partial charge is 0.0546 e. The van der Waals surface area contributed by atoms with Gasteiger partial charge in [-0.2, -0.15) is 0 Å². The standard InChI is InChI=1S/C64H42N4/c1-4-18-46(19-5-1)66-58-27-12-10-24-52(58)56-41-50(35-38-60(56)66)65(51-36-39-61-57(42-51)53-25-11-13-28-59(53)67(61)47-20-6-2-7-21-47)49-33-30-43(31-34-49)45-32-37-54-55-26-14-16-44-17-15-29-62(64(44)55)68(63(54)40-45)48-22-8-3-9-23-48/h1-42H. The SMILES string of the molecule is c1ccc(N2c3cc(-c4ccc(N(c5ccc6c(c5)c5ccccc5n6-c5ccccc5)c5ccc6c(c5)c5ccccc5n6-c5ccccc5)cc4)ccc3-c3cccc4cccc2c34)cc1. The lowest BCUT2D eigenvalue weighted by molar-refractivity contribution is 1.18. The maximum Gasteiger partial charge on any atom is 0.0546 e. The van der Waals surface area contributed by atoms with E-state index in [-0.39, 0.29) is 0 Å². The number of para-hydroxylation sites is 5. The van der Waals surface area contributed by atoms with Gasteiger partial charge in [0.2, 0.25) is 0 Å². The maximum absolute atomic E-state index is 2.43. The van der Waals surface area contributed by atoms with E-state index in [9.17, 15) is 0 Å². The maximum atomic E-state index is 2.43. The highest BCUT2D eigenvalue weighted by Gasteiger charge is 2.27. The summed E-state index contributed by atoms with van der Waals surface area (Å²) in [5, 5.41) is 7.40. The highest BCUT2D eigenvalue weighted by Crippen LogP contribution is 2.52. The lowest BCUT2D eigenvalue weighted by atomic mass is 9.89. The number of rotatable bonds is 7. The average Bonchev–Trinajstić information content (AvgIpc) is 3.92. The van der Waals surface area contributed by atoms with Crippen LogP contribution in [0.3, 0.4) is 0 Å². The summed E-state index contributed by atoms with van der Waals surface area (Å²) in [5.41, 5.74) is 18.6. The lowest BCUT2D eigenvalue weighted by Crippen LogP contribution is -2.15. The Labute approximate surface area is 394 Å². The summed E-state index contributed by atoms with van der Waals surface area (Å²) in [6.45, 7) is 0. The number of hydrogen-bond acceptors (Lipinski definition) is 2. The Kier molecular flexibility index (Phi) is 8.55. The second-order valence-corrected chi connectivity index (χ2v) is 17.7. The van der Waals surface area contributed by atoms with Gasteiger partial charge in [-0.1, -0.05) is 146 Å². The fourth-order valence-electron chi connectivity index (χ4n) is 11.0. The van der Waals surface area contributed by atoms with Crippen LogP contribution in [0.4, 0.5) is 34.1 Å². The van der Waals surface area contributed by atoms with Gasteiger partial charge in [0.25, 0.3) is 0 Å². The zero-order valence-electron chi connectivity index (χ0n) is 37.0. The quantitative estimate of drug-likeness (QED) is 0.159. The summed E-state index contributed by atoms with van der Waals surface area (Å²) < 4.78 is 4.77. The average molecular weight is 867 g/mol. The van der Waals surface area contributed by atoms with Crippen molar-refractivity contribution in [3.05, 3.63) is 255 Å². The summed E-state index contributed by atoms with van der Waals surface area (Å²) in [4.78, 5) is 4.85.